The average Bonchev–Trinajstić information content (AvgIpc) is 2.34. The molecule has 0 radical (unpaired) electrons. The first-order valence-corrected chi connectivity index (χ1v) is 5.69. The van der Waals surface area contributed by atoms with Crippen molar-refractivity contribution in [2.75, 3.05) is 20.1 Å². The molecule has 0 saturated heterocycles. The van der Waals surface area contributed by atoms with Crippen LogP contribution in [0.5, 0.6) is 0 Å². The number of hydrogen-bond acceptors (Lipinski definition) is 3. The van der Waals surface area contributed by atoms with Gasteiger partial charge >= 0.3 is 0 Å². The number of nitrogens with zero attached hydrogens (tertiary/aromatic N) is 1. The molecule has 1 heterocycles. The maximum absolute atomic E-state index is 12.1. The van der Waals surface area contributed by atoms with E-state index >= 15 is 0 Å². The Hall–Kier alpha value is -2.11. The van der Waals surface area contributed by atoms with Crippen molar-refractivity contribution < 1.29 is 9.59 Å². The third kappa shape index (κ3) is 3.19. The Morgan fingerprint density at radius 2 is 2.06 bits per heavy atom. The smallest absolute Gasteiger partial charge is 0.260 e. The molecular formula is C12H17N3O3. The fourth-order valence-corrected chi connectivity index (χ4v) is 1.49. The summed E-state index contributed by atoms with van der Waals surface area (Å²) in [5.41, 5.74) is 0.299. The van der Waals surface area contributed by atoms with Crippen molar-refractivity contribution in [3.05, 3.63) is 33.7 Å². The van der Waals surface area contributed by atoms with Gasteiger partial charge in [-0.3, -0.25) is 14.4 Å². The molecule has 2 amide bonds. The summed E-state index contributed by atoms with van der Waals surface area (Å²) in [6, 6.07) is 3.13. The number of rotatable bonds is 4. The molecule has 0 bridgehead atoms. The van der Waals surface area contributed by atoms with Gasteiger partial charge in [-0.25, -0.2) is 0 Å². The highest BCUT2D eigenvalue weighted by Gasteiger charge is 2.19. The molecule has 1 aromatic rings. The highest BCUT2D eigenvalue weighted by molar-refractivity contribution is 5.96. The molecule has 6 heteroatoms. The molecule has 0 aliphatic carbocycles. The van der Waals surface area contributed by atoms with Gasteiger partial charge in [0.2, 0.25) is 5.91 Å². The number of H-pyrrole nitrogens is 1. The fraction of sp³-hybridized carbons (Fsp3) is 0.417. The van der Waals surface area contributed by atoms with Crippen molar-refractivity contribution in [1.82, 2.24) is 15.2 Å². The Morgan fingerprint density at radius 1 is 1.39 bits per heavy atom. The Labute approximate surface area is 105 Å². The number of amides is 2. The third-order valence-electron chi connectivity index (χ3n) is 2.57. The van der Waals surface area contributed by atoms with Crippen molar-refractivity contribution in [1.29, 1.82) is 0 Å². The first kappa shape index (κ1) is 14.0. The third-order valence-corrected chi connectivity index (χ3v) is 2.57. The van der Waals surface area contributed by atoms with E-state index in [4.69, 9.17) is 0 Å². The van der Waals surface area contributed by atoms with Crippen LogP contribution in [0.25, 0.3) is 0 Å². The SMILES string of the molecule is CCN(CC(=O)NC)C(=O)c1ccc(C)[nH]c1=O. The summed E-state index contributed by atoms with van der Waals surface area (Å²) < 4.78 is 0. The predicted octanol–water partition coefficient (Wildman–Crippen LogP) is -0.109. The maximum atomic E-state index is 12.1. The van der Waals surface area contributed by atoms with E-state index in [9.17, 15) is 14.4 Å². The minimum absolute atomic E-state index is 0.0475. The first-order chi connectivity index (χ1) is 8.49. The standard InChI is InChI=1S/C12H17N3O3/c1-4-15(7-10(16)13-3)12(18)9-6-5-8(2)14-11(9)17/h5-6H,4,7H2,1-3H3,(H,13,16)(H,14,17). The monoisotopic (exact) mass is 251 g/mol. The zero-order valence-corrected chi connectivity index (χ0v) is 10.7. The fourth-order valence-electron chi connectivity index (χ4n) is 1.49. The highest BCUT2D eigenvalue weighted by atomic mass is 16.2. The summed E-state index contributed by atoms with van der Waals surface area (Å²) in [5.74, 6) is -0.712. The van der Waals surface area contributed by atoms with E-state index in [0.717, 1.165) is 0 Å². The molecule has 0 aliphatic heterocycles. The zero-order valence-electron chi connectivity index (χ0n) is 10.7. The summed E-state index contributed by atoms with van der Waals surface area (Å²) in [6.45, 7) is 3.79. The molecule has 0 atom stereocenters. The molecule has 18 heavy (non-hydrogen) atoms. The van der Waals surface area contributed by atoms with E-state index in [1.54, 1.807) is 19.9 Å². The molecule has 98 valence electrons. The van der Waals surface area contributed by atoms with Gasteiger partial charge in [0.25, 0.3) is 11.5 Å². The lowest BCUT2D eigenvalue weighted by molar-refractivity contribution is -0.121. The summed E-state index contributed by atoms with van der Waals surface area (Å²) in [4.78, 5) is 38.9. The molecule has 0 saturated carbocycles. The van der Waals surface area contributed by atoms with E-state index in [1.807, 2.05) is 0 Å². The molecule has 6 nitrogen and oxygen atoms in total. The average molecular weight is 251 g/mol. The molecule has 0 fully saturated rings. The van der Waals surface area contributed by atoms with E-state index in [-0.39, 0.29) is 18.0 Å². The van der Waals surface area contributed by atoms with Gasteiger partial charge in [-0.2, -0.15) is 0 Å². The Kier molecular flexibility index (Phi) is 4.65. The second-order valence-corrected chi connectivity index (χ2v) is 3.88. The van der Waals surface area contributed by atoms with Crippen molar-refractivity contribution in [2.45, 2.75) is 13.8 Å². The quantitative estimate of drug-likeness (QED) is 0.783. The number of aryl methyl sites for hydroxylation is 1. The van der Waals surface area contributed by atoms with Crippen LogP contribution in [0, 0.1) is 6.92 Å². The lowest BCUT2D eigenvalue weighted by atomic mass is 10.2. The summed E-state index contributed by atoms with van der Waals surface area (Å²) in [7, 11) is 1.50. The predicted molar refractivity (Wildman–Crippen MR) is 67.4 cm³/mol. The van der Waals surface area contributed by atoms with Crippen LogP contribution < -0.4 is 10.9 Å². The maximum Gasteiger partial charge on any atom is 0.260 e. The molecule has 0 aromatic carbocycles. The molecule has 1 rings (SSSR count). The van der Waals surface area contributed by atoms with Crippen LogP contribution in [0.4, 0.5) is 0 Å². The lowest BCUT2D eigenvalue weighted by Crippen LogP contribution is -2.41. The molecule has 0 aliphatic rings. The van der Waals surface area contributed by atoms with E-state index in [1.165, 1.54) is 18.0 Å². The van der Waals surface area contributed by atoms with Crippen LogP contribution in [0.2, 0.25) is 0 Å². The Bertz CT molecular complexity index is 508. The van der Waals surface area contributed by atoms with Gasteiger partial charge in [0.05, 0.1) is 6.54 Å². The largest absolute Gasteiger partial charge is 0.358 e. The Balaban J connectivity index is 2.96. The van der Waals surface area contributed by atoms with Crippen molar-refractivity contribution in [3.8, 4) is 0 Å². The molecule has 2 N–H and O–H groups in total. The van der Waals surface area contributed by atoms with Gasteiger partial charge in [-0.05, 0) is 26.0 Å². The minimum atomic E-state index is -0.442. The van der Waals surface area contributed by atoms with Crippen LogP contribution in [0.3, 0.4) is 0 Å². The number of hydrogen-bond donors (Lipinski definition) is 2. The molecule has 1 aromatic heterocycles. The number of aromatic amines is 1. The van der Waals surface area contributed by atoms with Gasteiger partial charge in [0.15, 0.2) is 0 Å². The van der Waals surface area contributed by atoms with E-state index in [0.29, 0.717) is 12.2 Å². The minimum Gasteiger partial charge on any atom is -0.358 e. The van der Waals surface area contributed by atoms with E-state index in [2.05, 4.69) is 10.3 Å². The number of carbonyl (C=O) groups is 2. The highest BCUT2D eigenvalue weighted by Crippen LogP contribution is 2.00. The number of pyridine rings is 1. The number of likely N-dealkylation sites (N-methyl/N-ethyl adjacent to an activating group) is 2. The van der Waals surface area contributed by atoms with Crippen LogP contribution in [-0.2, 0) is 4.79 Å². The van der Waals surface area contributed by atoms with Crippen LogP contribution >= 0.6 is 0 Å². The summed E-state index contributed by atoms with van der Waals surface area (Å²) >= 11 is 0. The lowest BCUT2D eigenvalue weighted by Gasteiger charge is -2.19. The normalized spacial score (nSPS) is 9.94. The second-order valence-electron chi connectivity index (χ2n) is 3.88. The second kappa shape index (κ2) is 6.00. The summed E-state index contributed by atoms with van der Waals surface area (Å²) in [6.07, 6.45) is 0. The van der Waals surface area contributed by atoms with Gasteiger partial charge in [-0.15, -0.1) is 0 Å². The van der Waals surface area contributed by atoms with Crippen LogP contribution in [0.15, 0.2) is 16.9 Å². The van der Waals surface area contributed by atoms with Crippen molar-refractivity contribution in [3.63, 3.8) is 0 Å². The van der Waals surface area contributed by atoms with Gasteiger partial charge < -0.3 is 15.2 Å². The first-order valence-electron chi connectivity index (χ1n) is 5.69. The zero-order chi connectivity index (χ0) is 13.7. The van der Waals surface area contributed by atoms with Crippen molar-refractivity contribution in [2.24, 2.45) is 0 Å². The van der Waals surface area contributed by atoms with Crippen molar-refractivity contribution >= 4 is 11.8 Å². The van der Waals surface area contributed by atoms with Gasteiger partial charge in [0.1, 0.15) is 5.56 Å². The number of aromatic nitrogens is 1. The Morgan fingerprint density at radius 3 is 2.56 bits per heavy atom. The van der Waals surface area contributed by atoms with Gasteiger partial charge in [-0.1, -0.05) is 0 Å². The van der Waals surface area contributed by atoms with Crippen LogP contribution in [-0.4, -0.2) is 41.8 Å². The van der Waals surface area contributed by atoms with Crippen LogP contribution in [0.1, 0.15) is 23.0 Å². The van der Waals surface area contributed by atoms with E-state index < -0.39 is 11.5 Å². The number of carbonyl (C=O) groups excluding carboxylic acids is 2. The molecule has 0 unspecified atom stereocenters. The molecule has 0 spiro atoms. The topological polar surface area (TPSA) is 82.3 Å². The number of nitrogens with one attached hydrogen (secondary N) is 2. The summed E-state index contributed by atoms with van der Waals surface area (Å²) in [5, 5.41) is 2.44. The van der Waals surface area contributed by atoms with Gasteiger partial charge in [0, 0.05) is 19.3 Å². The molecular weight excluding hydrogens is 234 g/mol.